The molecule has 0 radical (unpaired) electrons. The lowest BCUT2D eigenvalue weighted by Crippen LogP contribution is -2.44. The zero-order chi connectivity index (χ0) is 20.3. The molecule has 2 heterocycles. The lowest BCUT2D eigenvalue weighted by Gasteiger charge is -2.30. The van der Waals surface area contributed by atoms with Crippen molar-refractivity contribution in [3.63, 3.8) is 0 Å². The highest BCUT2D eigenvalue weighted by atomic mass is 32.2. The Morgan fingerprint density at radius 2 is 1.97 bits per heavy atom. The number of carbonyl (C=O) groups is 1. The van der Waals surface area contributed by atoms with Gasteiger partial charge in [0.1, 0.15) is 5.82 Å². The van der Waals surface area contributed by atoms with Crippen LogP contribution in [0.25, 0.3) is 5.65 Å². The first-order valence-electron chi connectivity index (χ1n) is 10.00. The van der Waals surface area contributed by atoms with Crippen molar-refractivity contribution < 1.29 is 9.18 Å². The molecule has 29 heavy (non-hydrogen) atoms. The Hall–Kier alpha value is -2.41. The number of halogens is 1. The van der Waals surface area contributed by atoms with E-state index in [4.69, 9.17) is 0 Å². The number of hydrogen-bond acceptors (Lipinski definition) is 4. The summed E-state index contributed by atoms with van der Waals surface area (Å²) in [6.07, 6.45) is 8.29. The minimum absolute atomic E-state index is 0.000363. The quantitative estimate of drug-likeness (QED) is 0.629. The van der Waals surface area contributed by atoms with Crippen molar-refractivity contribution in [1.82, 2.24) is 19.9 Å². The number of carbonyl (C=O) groups excluding carboxylic acids is 1. The summed E-state index contributed by atoms with van der Waals surface area (Å²) in [5.41, 5.74) is 1.05. The van der Waals surface area contributed by atoms with Gasteiger partial charge in [-0.25, -0.2) is 4.39 Å². The standard InChI is InChI=1S/C22H25FN4OS/c1-29-15-11-18(20-26-25-19-6-2-5-14-27(19)20)24-21(28)22(12-3-4-13-22)16-7-9-17(23)10-8-16/h2,5-10,14,18H,3-4,11-13,15H2,1H3,(H,24,28)/t18-/m0/s1. The van der Waals surface area contributed by atoms with E-state index in [2.05, 4.69) is 21.8 Å². The predicted molar refractivity (Wildman–Crippen MR) is 113 cm³/mol. The zero-order valence-electron chi connectivity index (χ0n) is 16.5. The summed E-state index contributed by atoms with van der Waals surface area (Å²) in [6.45, 7) is 0. The van der Waals surface area contributed by atoms with Crippen molar-refractivity contribution in [3.8, 4) is 0 Å². The summed E-state index contributed by atoms with van der Waals surface area (Å²) in [6, 6.07) is 11.9. The third kappa shape index (κ3) is 3.88. The molecule has 1 aromatic carbocycles. The monoisotopic (exact) mass is 412 g/mol. The highest BCUT2D eigenvalue weighted by molar-refractivity contribution is 7.98. The molecule has 0 aliphatic heterocycles. The van der Waals surface area contributed by atoms with Crippen LogP contribution in [0.3, 0.4) is 0 Å². The summed E-state index contributed by atoms with van der Waals surface area (Å²) in [5, 5.41) is 11.9. The number of pyridine rings is 1. The van der Waals surface area contributed by atoms with Crippen molar-refractivity contribution in [2.24, 2.45) is 0 Å². The number of fused-ring (bicyclic) bond motifs is 1. The number of amides is 1. The van der Waals surface area contributed by atoms with Gasteiger partial charge in [-0.2, -0.15) is 11.8 Å². The fraction of sp³-hybridized carbons (Fsp3) is 0.409. The van der Waals surface area contributed by atoms with Crippen LogP contribution in [0.5, 0.6) is 0 Å². The summed E-state index contributed by atoms with van der Waals surface area (Å²) >= 11 is 1.74. The fourth-order valence-corrected chi connectivity index (χ4v) is 4.76. The number of nitrogens with zero attached hydrogens (tertiary/aromatic N) is 3. The van der Waals surface area contributed by atoms with E-state index >= 15 is 0 Å². The molecule has 152 valence electrons. The molecule has 7 heteroatoms. The summed E-state index contributed by atoms with van der Waals surface area (Å²) in [7, 11) is 0. The Morgan fingerprint density at radius 1 is 1.21 bits per heavy atom. The van der Waals surface area contributed by atoms with Crippen LogP contribution >= 0.6 is 11.8 Å². The van der Waals surface area contributed by atoms with Gasteiger partial charge in [-0.1, -0.05) is 31.0 Å². The Morgan fingerprint density at radius 3 is 2.69 bits per heavy atom. The summed E-state index contributed by atoms with van der Waals surface area (Å²) in [5.74, 6) is 1.36. The van der Waals surface area contributed by atoms with E-state index in [0.717, 1.165) is 54.9 Å². The van der Waals surface area contributed by atoms with Gasteiger partial charge >= 0.3 is 0 Å². The van der Waals surface area contributed by atoms with Crippen LogP contribution in [0.2, 0.25) is 0 Å². The lowest BCUT2D eigenvalue weighted by atomic mass is 9.77. The second-order valence-corrected chi connectivity index (χ2v) is 8.58. The molecule has 5 nitrogen and oxygen atoms in total. The van der Waals surface area contributed by atoms with Gasteiger partial charge in [0, 0.05) is 6.20 Å². The van der Waals surface area contributed by atoms with Gasteiger partial charge in [-0.3, -0.25) is 9.20 Å². The van der Waals surface area contributed by atoms with Gasteiger partial charge in [0.05, 0.1) is 11.5 Å². The maximum absolute atomic E-state index is 13.6. The van der Waals surface area contributed by atoms with Crippen molar-refractivity contribution in [2.75, 3.05) is 12.0 Å². The number of aromatic nitrogens is 3. The number of nitrogens with one attached hydrogen (secondary N) is 1. The molecular weight excluding hydrogens is 387 g/mol. The van der Waals surface area contributed by atoms with Crippen LogP contribution in [0, 0.1) is 5.82 Å². The largest absolute Gasteiger partial charge is 0.345 e. The molecule has 1 aliphatic carbocycles. The Kier molecular flexibility index (Phi) is 5.85. The topological polar surface area (TPSA) is 59.3 Å². The average Bonchev–Trinajstić information content (AvgIpc) is 3.40. The van der Waals surface area contributed by atoms with Crippen molar-refractivity contribution >= 4 is 23.3 Å². The first kappa shape index (κ1) is 19.9. The minimum Gasteiger partial charge on any atom is -0.345 e. The van der Waals surface area contributed by atoms with E-state index < -0.39 is 5.41 Å². The third-order valence-corrected chi connectivity index (χ3v) is 6.50. The molecule has 0 bridgehead atoms. The molecule has 1 atom stereocenters. The van der Waals surface area contributed by atoms with Crippen LogP contribution in [-0.4, -0.2) is 32.5 Å². The molecule has 0 saturated heterocycles. The first-order valence-corrected chi connectivity index (χ1v) is 11.4. The van der Waals surface area contributed by atoms with Gasteiger partial charge in [0.25, 0.3) is 0 Å². The van der Waals surface area contributed by atoms with Crippen LogP contribution in [0.15, 0.2) is 48.7 Å². The molecule has 1 amide bonds. The zero-order valence-corrected chi connectivity index (χ0v) is 17.3. The molecule has 1 N–H and O–H groups in total. The minimum atomic E-state index is -0.605. The number of hydrogen-bond donors (Lipinski definition) is 1. The van der Waals surface area contributed by atoms with Crippen molar-refractivity contribution in [2.45, 2.75) is 43.6 Å². The fourth-order valence-electron chi connectivity index (χ4n) is 4.29. The normalized spacial score (nSPS) is 16.8. The van der Waals surface area contributed by atoms with Crippen LogP contribution in [0.1, 0.15) is 49.5 Å². The maximum Gasteiger partial charge on any atom is 0.231 e. The van der Waals surface area contributed by atoms with Gasteiger partial charge in [0.15, 0.2) is 11.5 Å². The van der Waals surface area contributed by atoms with E-state index in [-0.39, 0.29) is 17.8 Å². The molecule has 1 saturated carbocycles. The van der Waals surface area contributed by atoms with Crippen molar-refractivity contribution in [3.05, 3.63) is 65.9 Å². The molecule has 2 aromatic heterocycles. The van der Waals surface area contributed by atoms with Gasteiger partial charge in [-0.15, -0.1) is 10.2 Å². The van der Waals surface area contributed by atoms with E-state index in [1.165, 1.54) is 12.1 Å². The molecule has 0 unspecified atom stereocenters. The Labute approximate surface area is 174 Å². The molecule has 1 aliphatic rings. The summed E-state index contributed by atoms with van der Waals surface area (Å²) < 4.78 is 15.4. The smallest absolute Gasteiger partial charge is 0.231 e. The second-order valence-electron chi connectivity index (χ2n) is 7.59. The Balaban J connectivity index is 1.65. The van der Waals surface area contributed by atoms with Crippen LogP contribution < -0.4 is 5.32 Å². The van der Waals surface area contributed by atoms with E-state index in [0.29, 0.717) is 0 Å². The molecular formula is C22H25FN4OS. The number of thioether (sulfide) groups is 1. The predicted octanol–water partition coefficient (Wildman–Crippen LogP) is 4.29. The van der Waals surface area contributed by atoms with Gasteiger partial charge in [-0.05, 0) is 61.1 Å². The van der Waals surface area contributed by atoms with Gasteiger partial charge in [0.2, 0.25) is 5.91 Å². The number of benzene rings is 1. The van der Waals surface area contributed by atoms with E-state index in [1.807, 2.05) is 28.8 Å². The highest BCUT2D eigenvalue weighted by Crippen LogP contribution is 2.42. The highest BCUT2D eigenvalue weighted by Gasteiger charge is 2.43. The lowest BCUT2D eigenvalue weighted by molar-refractivity contribution is -0.127. The SMILES string of the molecule is CSCC[C@H](NC(=O)C1(c2ccc(F)cc2)CCCC1)c1nnc2ccccn12. The van der Waals surface area contributed by atoms with E-state index in [1.54, 1.807) is 23.9 Å². The van der Waals surface area contributed by atoms with Crippen LogP contribution in [-0.2, 0) is 10.2 Å². The average molecular weight is 413 g/mol. The molecule has 4 rings (SSSR count). The van der Waals surface area contributed by atoms with Crippen molar-refractivity contribution in [1.29, 1.82) is 0 Å². The molecule has 1 fully saturated rings. The second kappa shape index (κ2) is 8.53. The number of rotatable bonds is 7. The van der Waals surface area contributed by atoms with Gasteiger partial charge < -0.3 is 5.32 Å². The molecule has 3 aromatic rings. The third-order valence-electron chi connectivity index (χ3n) is 5.86. The maximum atomic E-state index is 13.6. The summed E-state index contributed by atoms with van der Waals surface area (Å²) in [4.78, 5) is 13.6. The van der Waals surface area contributed by atoms with Crippen LogP contribution in [0.4, 0.5) is 4.39 Å². The first-order chi connectivity index (χ1) is 14.1. The molecule has 0 spiro atoms. The van der Waals surface area contributed by atoms with E-state index in [9.17, 15) is 9.18 Å². The Bertz CT molecular complexity index is 982.